The van der Waals surface area contributed by atoms with Crippen molar-refractivity contribution in [1.29, 1.82) is 0 Å². The van der Waals surface area contributed by atoms with Gasteiger partial charge in [0.1, 0.15) is 0 Å². The molecule has 0 saturated heterocycles. The highest BCUT2D eigenvalue weighted by atomic mass is 35.5. The van der Waals surface area contributed by atoms with Gasteiger partial charge in [-0.15, -0.1) is 10.2 Å². The molecule has 1 heterocycles. The van der Waals surface area contributed by atoms with E-state index >= 15 is 0 Å². The van der Waals surface area contributed by atoms with Gasteiger partial charge < -0.3 is 0 Å². The molecule has 0 N–H and O–H groups in total. The molecule has 9 heteroatoms. The fourth-order valence-electron chi connectivity index (χ4n) is 3.02. The van der Waals surface area contributed by atoms with Crippen LogP contribution in [0.5, 0.6) is 0 Å². The second kappa shape index (κ2) is 8.94. The number of hydrogen-bond acceptors (Lipinski definition) is 3. The fraction of sp³-hybridized carbons (Fsp3) is 0.0909. The van der Waals surface area contributed by atoms with Crippen molar-refractivity contribution >= 4 is 35.0 Å². The minimum Gasteiger partial charge on any atom is -0.268 e. The van der Waals surface area contributed by atoms with Crippen LogP contribution in [0.3, 0.4) is 0 Å². The van der Waals surface area contributed by atoms with Gasteiger partial charge >= 0.3 is 6.18 Å². The summed E-state index contributed by atoms with van der Waals surface area (Å²) >= 11 is 14.1. The second-order valence-corrected chi connectivity index (χ2v) is 8.32. The summed E-state index contributed by atoms with van der Waals surface area (Å²) in [5.74, 6) is 0.764. The van der Waals surface area contributed by atoms with E-state index < -0.39 is 11.7 Å². The zero-order valence-corrected chi connectivity index (χ0v) is 18.1. The molecule has 0 fully saturated rings. The van der Waals surface area contributed by atoms with Gasteiger partial charge in [0.25, 0.3) is 0 Å². The van der Waals surface area contributed by atoms with Crippen LogP contribution >= 0.6 is 35.0 Å². The average molecular weight is 480 g/mol. The van der Waals surface area contributed by atoms with E-state index in [1.165, 1.54) is 17.8 Å². The lowest BCUT2D eigenvalue weighted by molar-refractivity contribution is -0.137. The fourth-order valence-corrected chi connectivity index (χ4v) is 4.34. The van der Waals surface area contributed by atoms with Gasteiger partial charge in [-0.25, -0.2) is 0 Å². The Labute approximate surface area is 190 Å². The van der Waals surface area contributed by atoms with Gasteiger partial charge in [0.15, 0.2) is 11.0 Å². The van der Waals surface area contributed by atoms with Crippen LogP contribution in [-0.2, 0) is 11.9 Å². The first-order valence-corrected chi connectivity index (χ1v) is 10.8. The Balaban J connectivity index is 1.74. The van der Waals surface area contributed by atoms with Crippen LogP contribution in [-0.4, -0.2) is 14.8 Å². The van der Waals surface area contributed by atoms with E-state index in [0.29, 0.717) is 37.8 Å². The lowest BCUT2D eigenvalue weighted by atomic mass is 10.1. The van der Waals surface area contributed by atoms with Crippen LogP contribution in [0.25, 0.3) is 17.1 Å². The highest BCUT2D eigenvalue weighted by Crippen LogP contribution is 2.36. The van der Waals surface area contributed by atoms with Crippen molar-refractivity contribution in [2.45, 2.75) is 17.1 Å². The third-order valence-electron chi connectivity index (χ3n) is 4.46. The normalized spacial score (nSPS) is 11.6. The molecule has 31 heavy (non-hydrogen) atoms. The number of hydrogen-bond donors (Lipinski definition) is 0. The molecule has 0 radical (unpaired) electrons. The summed E-state index contributed by atoms with van der Waals surface area (Å²) in [7, 11) is 0. The molecule has 0 aliphatic rings. The molecule has 0 amide bonds. The maximum atomic E-state index is 13.0. The number of nitrogens with zero attached hydrogens (tertiary/aromatic N) is 3. The van der Waals surface area contributed by atoms with Crippen molar-refractivity contribution in [3.05, 3.63) is 94.0 Å². The molecule has 158 valence electrons. The van der Waals surface area contributed by atoms with Gasteiger partial charge in [-0.2, -0.15) is 13.2 Å². The number of thioether (sulfide) groups is 1. The van der Waals surface area contributed by atoms with Crippen molar-refractivity contribution in [1.82, 2.24) is 14.8 Å². The zero-order valence-electron chi connectivity index (χ0n) is 15.8. The lowest BCUT2D eigenvalue weighted by Gasteiger charge is -2.13. The van der Waals surface area contributed by atoms with Crippen LogP contribution in [0.15, 0.2) is 78.0 Å². The first kappa shape index (κ1) is 21.7. The molecule has 3 nitrogen and oxygen atoms in total. The van der Waals surface area contributed by atoms with Gasteiger partial charge in [-0.05, 0) is 35.9 Å². The van der Waals surface area contributed by atoms with Crippen molar-refractivity contribution in [2.75, 3.05) is 0 Å². The first-order chi connectivity index (χ1) is 14.8. The molecule has 0 aliphatic carbocycles. The van der Waals surface area contributed by atoms with E-state index in [9.17, 15) is 13.2 Å². The molecule has 4 aromatic rings. The van der Waals surface area contributed by atoms with Gasteiger partial charge in [0, 0.05) is 11.3 Å². The maximum Gasteiger partial charge on any atom is 0.416 e. The molecule has 3 aromatic carbocycles. The third-order valence-corrected chi connectivity index (χ3v) is 6.11. The summed E-state index contributed by atoms with van der Waals surface area (Å²) in [4.78, 5) is 0. The minimum absolute atomic E-state index is 0.273. The summed E-state index contributed by atoms with van der Waals surface area (Å²) in [6, 6.07) is 19.6. The Kier molecular flexibility index (Phi) is 6.27. The Morgan fingerprint density at radius 3 is 2.26 bits per heavy atom. The number of para-hydroxylation sites is 1. The van der Waals surface area contributed by atoms with E-state index in [1.807, 2.05) is 30.3 Å². The summed E-state index contributed by atoms with van der Waals surface area (Å²) in [5.41, 5.74) is 1.15. The first-order valence-electron chi connectivity index (χ1n) is 9.09. The quantitative estimate of drug-likeness (QED) is 0.276. The molecular formula is C22H14Cl2F3N3S. The van der Waals surface area contributed by atoms with Crippen molar-refractivity contribution in [3.8, 4) is 17.1 Å². The molecule has 0 aliphatic heterocycles. The number of aromatic nitrogens is 3. The van der Waals surface area contributed by atoms with E-state index in [1.54, 1.807) is 28.8 Å². The number of benzene rings is 3. The molecule has 4 rings (SSSR count). The van der Waals surface area contributed by atoms with E-state index in [0.717, 1.165) is 12.1 Å². The zero-order chi connectivity index (χ0) is 22.0. The lowest BCUT2D eigenvalue weighted by Crippen LogP contribution is -2.05. The standard InChI is InChI=1S/C22H14Cl2F3N3S/c23-17-9-2-1-8-16(17)20-28-29-21(30(20)19-11-4-3-10-18(19)24)31-13-14-6-5-7-15(12-14)22(25,26)27/h1-12H,13H2. The number of halogens is 5. The van der Waals surface area contributed by atoms with Gasteiger partial charge in [-0.3, -0.25) is 4.57 Å². The van der Waals surface area contributed by atoms with E-state index in [-0.39, 0.29) is 5.75 Å². The smallest absolute Gasteiger partial charge is 0.268 e. The highest BCUT2D eigenvalue weighted by Gasteiger charge is 2.30. The monoisotopic (exact) mass is 479 g/mol. The SMILES string of the molecule is FC(F)(F)c1cccc(CSc2nnc(-c3ccccc3Cl)n2-c2ccccc2Cl)c1. The van der Waals surface area contributed by atoms with E-state index in [2.05, 4.69) is 10.2 Å². The largest absolute Gasteiger partial charge is 0.416 e. The molecule has 0 atom stereocenters. The molecule has 1 aromatic heterocycles. The number of alkyl halides is 3. The Hall–Kier alpha value is -2.48. The molecule has 0 spiro atoms. The van der Waals surface area contributed by atoms with Crippen LogP contribution in [0.2, 0.25) is 10.0 Å². The average Bonchev–Trinajstić information content (AvgIpc) is 3.16. The van der Waals surface area contributed by atoms with Crippen LogP contribution < -0.4 is 0 Å². The maximum absolute atomic E-state index is 13.0. The van der Waals surface area contributed by atoms with Gasteiger partial charge in [-0.1, -0.05) is 77.4 Å². The van der Waals surface area contributed by atoms with Crippen LogP contribution in [0.1, 0.15) is 11.1 Å². The summed E-state index contributed by atoms with van der Waals surface area (Å²) in [6.45, 7) is 0. The number of rotatable bonds is 5. The Morgan fingerprint density at radius 2 is 1.55 bits per heavy atom. The topological polar surface area (TPSA) is 30.7 Å². The highest BCUT2D eigenvalue weighted by molar-refractivity contribution is 7.98. The molecule has 0 bridgehead atoms. The Morgan fingerprint density at radius 1 is 0.839 bits per heavy atom. The van der Waals surface area contributed by atoms with E-state index in [4.69, 9.17) is 23.2 Å². The van der Waals surface area contributed by atoms with Crippen LogP contribution in [0.4, 0.5) is 13.2 Å². The summed E-state index contributed by atoms with van der Waals surface area (Å²) < 4.78 is 40.9. The van der Waals surface area contributed by atoms with Crippen molar-refractivity contribution in [2.24, 2.45) is 0 Å². The predicted octanol–water partition coefficient (Wildman–Crippen LogP) is 7.55. The van der Waals surface area contributed by atoms with Gasteiger partial charge in [0.2, 0.25) is 0 Å². The predicted molar refractivity (Wildman–Crippen MR) is 118 cm³/mol. The molecule has 0 saturated carbocycles. The second-order valence-electron chi connectivity index (χ2n) is 6.56. The van der Waals surface area contributed by atoms with Crippen molar-refractivity contribution < 1.29 is 13.2 Å². The Bertz CT molecular complexity index is 1220. The van der Waals surface area contributed by atoms with Crippen molar-refractivity contribution in [3.63, 3.8) is 0 Å². The summed E-state index contributed by atoms with van der Waals surface area (Å²) in [5, 5.41) is 10.0. The molecular weight excluding hydrogens is 466 g/mol. The summed E-state index contributed by atoms with van der Waals surface area (Å²) in [6.07, 6.45) is -4.39. The van der Waals surface area contributed by atoms with Gasteiger partial charge in [0.05, 0.1) is 21.3 Å². The third kappa shape index (κ3) is 4.74. The minimum atomic E-state index is -4.39. The van der Waals surface area contributed by atoms with Crippen LogP contribution in [0, 0.1) is 0 Å². The molecule has 0 unspecified atom stereocenters.